The van der Waals surface area contributed by atoms with E-state index in [2.05, 4.69) is 27.1 Å². The molecule has 0 amide bonds. The number of phenolic OH excluding ortho intramolecular Hbond substituents is 2. The largest absolute Gasteiger partial charge is 0.504 e. The summed E-state index contributed by atoms with van der Waals surface area (Å²) in [7, 11) is 0. The zero-order valence-electron chi connectivity index (χ0n) is 14.7. The fourth-order valence-electron chi connectivity index (χ4n) is 3.36. The van der Waals surface area contributed by atoms with Crippen LogP contribution in [0.15, 0.2) is 58.4 Å². The van der Waals surface area contributed by atoms with E-state index >= 15 is 0 Å². The molecule has 4 N–H and O–H groups in total. The Hall–Kier alpha value is -3.44. The van der Waals surface area contributed by atoms with E-state index in [-0.39, 0.29) is 23.0 Å². The summed E-state index contributed by atoms with van der Waals surface area (Å²) >= 11 is 3.23. The number of nitriles is 1. The number of phenols is 2. The van der Waals surface area contributed by atoms with E-state index in [0.717, 1.165) is 5.69 Å². The molecule has 0 saturated heterocycles. The first-order valence-electron chi connectivity index (χ1n) is 8.36. The van der Waals surface area contributed by atoms with Crippen LogP contribution in [0.5, 0.6) is 17.4 Å². The molecule has 8 heteroatoms. The summed E-state index contributed by atoms with van der Waals surface area (Å²) in [5.74, 6) is -0.798. The van der Waals surface area contributed by atoms with E-state index in [0.29, 0.717) is 27.2 Å². The van der Waals surface area contributed by atoms with Crippen LogP contribution in [0.4, 0.5) is 0 Å². The minimum atomic E-state index is -0.603. The summed E-state index contributed by atoms with van der Waals surface area (Å²) in [5, 5.41) is 34.2. The molecule has 2 heterocycles. The highest BCUT2D eigenvalue weighted by Gasteiger charge is 2.36. The lowest BCUT2D eigenvalue weighted by Gasteiger charge is -2.25. The lowest BCUT2D eigenvalue weighted by atomic mass is 9.84. The number of nitrogens with zero attached hydrogens (tertiary/aromatic N) is 3. The van der Waals surface area contributed by atoms with Gasteiger partial charge < -0.3 is 20.7 Å². The van der Waals surface area contributed by atoms with Crippen molar-refractivity contribution in [3.63, 3.8) is 0 Å². The van der Waals surface area contributed by atoms with Gasteiger partial charge in [0, 0.05) is 0 Å². The zero-order valence-corrected chi connectivity index (χ0v) is 16.3. The standard InChI is InChI=1S/C20H15BrN4O3/c1-10-16-17(11-7-14(21)18(27)15(26)8-11)13(9-22)19(23)28-20(16)25(24-10)12-5-3-2-4-6-12/h2-8,17,26-27H,23H2,1H3. The van der Waals surface area contributed by atoms with Gasteiger partial charge in [-0.25, -0.2) is 4.68 Å². The highest BCUT2D eigenvalue weighted by Crippen LogP contribution is 2.47. The lowest BCUT2D eigenvalue weighted by molar-refractivity contribution is 0.366. The van der Waals surface area contributed by atoms with Gasteiger partial charge in [0.15, 0.2) is 11.5 Å². The van der Waals surface area contributed by atoms with Crippen LogP contribution in [0.2, 0.25) is 0 Å². The summed E-state index contributed by atoms with van der Waals surface area (Å²) in [4.78, 5) is 0. The molecule has 0 bridgehead atoms. The van der Waals surface area contributed by atoms with Gasteiger partial charge in [-0.05, 0) is 52.7 Å². The smallest absolute Gasteiger partial charge is 0.229 e. The number of benzene rings is 2. The molecule has 0 aliphatic carbocycles. The van der Waals surface area contributed by atoms with Crippen LogP contribution < -0.4 is 10.5 Å². The van der Waals surface area contributed by atoms with Gasteiger partial charge in [-0.15, -0.1) is 0 Å². The molecule has 1 aromatic heterocycles. The number of hydrogen-bond donors (Lipinski definition) is 3. The van der Waals surface area contributed by atoms with Crippen molar-refractivity contribution < 1.29 is 14.9 Å². The van der Waals surface area contributed by atoms with Crippen LogP contribution in [0, 0.1) is 18.3 Å². The Morgan fingerprint density at radius 2 is 1.96 bits per heavy atom. The van der Waals surface area contributed by atoms with Gasteiger partial charge in [0.1, 0.15) is 11.6 Å². The maximum Gasteiger partial charge on any atom is 0.229 e. The Morgan fingerprint density at radius 3 is 2.61 bits per heavy atom. The van der Waals surface area contributed by atoms with Crippen molar-refractivity contribution in [1.29, 1.82) is 5.26 Å². The van der Waals surface area contributed by atoms with Crippen molar-refractivity contribution >= 4 is 15.9 Å². The molecule has 2 aromatic carbocycles. The van der Waals surface area contributed by atoms with E-state index in [4.69, 9.17) is 10.5 Å². The highest BCUT2D eigenvalue weighted by atomic mass is 79.9. The summed E-state index contributed by atoms with van der Waals surface area (Å²) in [6.07, 6.45) is 0. The molecule has 7 nitrogen and oxygen atoms in total. The first-order chi connectivity index (χ1) is 13.4. The molecule has 28 heavy (non-hydrogen) atoms. The lowest BCUT2D eigenvalue weighted by Crippen LogP contribution is -2.22. The van der Waals surface area contributed by atoms with Crippen LogP contribution in [0.25, 0.3) is 5.69 Å². The van der Waals surface area contributed by atoms with Crippen LogP contribution in [0.1, 0.15) is 22.7 Å². The third-order valence-electron chi connectivity index (χ3n) is 4.63. The molecule has 1 atom stereocenters. The van der Waals surface area contributed by atoms with Crippen molar-refractivity contribution in [3.8, 4) is 29.1 Å². The average molecular weight is 439 g/mol. The summed E-state index contributed by atoms with van der Waals surface area (Å²) in [6.45, 7) is 1.82. The molecule has 140 valence electrons. The van der Waals surface area contributed by atoms with Gasteiger partial charge in [-0.2, -0.15) is 10.4 Å². The van der Waals surface area contributed by atoms with Gasteiger partial charge in [0.05, 0.1) is 27.3 Å². The topological polar surface area (TPSA) is 117 Å². The quantitative estimate of drug-likeness (QED) is 0.526. The number of para-hydroxylation sites is 1. The second-order valence-electron chi connectivity index (χ2n) is 6.35. The Balaban J connectivity index is 1.98. The first kappa shape index (κ1) is 17.9. The number of allylic oxidation sites excluding steroid dienone is 1. The Bertz CT molecular complexity index is 1140. The number of fused-ring (bicyclic) bond motifs is 1. The van der Waals surface area contributed by atoms with Gasteiger partial charge in [-0.3, -0.25) is 0 Å². The van der Waals surface area contributed by atoms with E-state index in [1.165, 1.54) is 6.07 Å². The Morgan fingerprint density at radius 1 is 1.25 bits per heavy atom. The normalized spacial score (nSPS) is 15.7. The Kier molecular flexibility index (Phi) is 4.24. The minimum Gasteiger partial charge on any atom is -0.504 e. The number of nitrogens with two attached hydrogens (primary N) is 1. The second-order valence-corrected chi connectivity index (χ2v) is 7.20. The molecule has 0 saturated carbocycles. The van der Waals surface area contributed by atoms with E-state index in [1.807, 2.05) is 37.3 Å². The SMILES string of the molecule is Cc1nn(-c2ccccc2)c2c1C(c1cc(O)c(O)c(Br)c1)C(C#N)=C(N)O2. The maximum absolute atomic E-state index is 10.1. The fourth-order valence-corrected chi connectivity index (χ4v) is 3.83. The molecule has 4 rings (SSSR count). The number of rotatable bonds is 2. The minimum absolute atomic E-state index is 0.0271. The van der Waals surface area contributed by atoms with Crippen molar-refractivity contribution in [2.24, 2.45) is 5.73 Å². The molecular weight excluding hydrogens is 424 g/mol. The predicted molar refractivity (Wildman–Crippen MR) is 105 cm³/mol. The molecule has 3 aromatic rings. The second kappa shape index (κ2) is 6.62. The molecule has 1 aliphatic heterocycles. The summed E-state index contributed by atoms with van der Waals surface area (Å²) in [6, 6.07) is 14.6. The van der Waals surface area contributed by atoms with Crippen molar-refractivity contribution in [1.82, 2.24) is 9.78 Å². The monoisotopic (exact) mass is 438 g/mol. The third-order valence-corrected chi connectivity index (χ3v) is 5.24. The molecule has 0 radical (unpaired) electrons. The third kappa shape index (κ3) is 2.68. The zero-order chi connectivity index (χ0) is 20.0. The van der Waals surface area contributed by atoms with E-state index in [1.54, 1.807) is 10.7 Å². The molecule has 1 aliphatic rings. The molecule has 0 spiro atoms. The average Bonchev–Trinajstić information content (AvgIpc) is 3.01. The number of aromatic nitrogens is 2. The number of halogens is 1. The van der Waals surface area contributed by atoms with Crippen LogP contribution in [-0.2, 0) is 0 Å². The maximum atomic E-state index is 10.1. The number of hydrogen-bond acceptors (Lipinski definition) is 6. The van der Waals surface area contributed by atoms with E-state index in [9.17, 15) is 15.5 Å². The number of ether oxygens (including phenoxy) is 1. The summed E-state index contributed by atoms with van der Waals surface area (Å²) < 4.78 is 7.73. The molecule has 0 fully saturated rings. The number of aromatic hydroxyl groups is 2. The summed E-state index contributed by atoms with van der Waals surface area (Å²) in [5.41, 5.74) is 8.96. The van der Waals surface area contributed by atoms with E-state index < -0.39 is 5.92 Å². The van der Waals surface area contributed by atoms with Crippen LogP contribution in [0.3, 0.4) is 0 Å². The Labute approximate surface area is 169 Å². The van der Waals surface area contributed by atoms with Crippen LogP contribution in [-0.4, -0.2) is 20.0 Å². The van der Waals surface area contributed by atoms with Gasteiger partial charge in [0.2, 0.25) is 11.8 Å². The molecule has 1 unspecified atom stereocenters. The van der Waals surface area contributed by atoms with Gasteiger partial charge >= 0.3 is 0 Å². The predicted octanol–water partition coefficient (Wildman–Crippen LogP) is 3.57. The molecular formula is C20H15BrN4O3. The number of aryl methyl sites for hydroxylation is 1. The van der Waals surface area contributed by atoms with Crippen molar-refractivity contribution in [2.45, 2.75) is 12.8 Å². The van der Waals surface area contributed by atoms with Gasteiger partial charge in [-0.1, -0.05) is 18.2 Å². The van der Waals surface area contributed by atoms with Crippen molar-refractivity contribution in [3.05, 3.63) is 75.2 Å². The van der Waals surface area contributed by atoms with Crippen molar-refractivity contribution in [2.75, 3.05) is 0 Å². The van der Waals surface area contributed by atoms with Gasteiger partial charge in [0.25, 0.3) is 0 Å². The highest BCUT2D eigenvalue weighted by molar-refractivity contribution is 9.10. The van der Waals surface area contributed by atoms with Crippen LogP contribution >= 0.6 is 15.9 Å². The fraction of sp³-hybridized carbons (Fsp3) is 0.100. The first-order valence-corrected chi connectivity index (χ1v) is 9.15.